The molecule has 0 aromatic rings. The van der Waals surface area contributed by atoms with Gasteiger partial charge in [-0.15, -0.1) is 0 Å². The lowest BCUT2D eigenvalue weighted by Gasteiger charge is -2.36. The van der Waals surface area contributed by atoms with E-state index in [0.29, 0.717) is 12.1 Å². The Labute approximate surface area is 128 Å². The first-order valence-corrected chi connectivity index (χ1v) is 8.27. The zero-order valence-electron chi connectivity index (χ0n) is 13.6. The van der Waals surface area contributed by atoms with Gasteiger partial charge in [0.05, 0.1) is 0 Å². The average Bonchev–Trinajstić information content (AvgIpc) is 2.47. The maximum absolute atomic E-state index is 12.3. The number of amides is 2. The lowest BCUT2D eigenvalue weighted by molar-refractivity contribution is -0.134. The van der Waals surface area contributed by atoms with Crippen molar-refractivity contribution in [2.45, 2.75) is 58.5 Å². The van der Waals surface area contributed by atoms with Crippen LogP contribution in [-0.2, 0) is 9.59 Å². The summed E-state index contributed by atoms with van der Waals surface area (Å²) in [6.07, 6.45) is 3.71. The predicted octanol–water partition coefficient (Wildman–Crippen LogP) is 1.23. The molecule has 5 nitrogen and oxygen atoms in total. The molecule has 2 rings (SSSR count). The van der Waals surface area contributed by atoms with E-state index in [0.717, 1.165) is 51.9 Å². The number of hydrogen-bond donors (Lipinski definition) is 1. The van der Waals surface area contributed by atoms with E-state index in [1.165, 1.54) is 0 Å². The first kappa shape index (κ1) is 16.3. The number of hydrogen-bond acceptors (Lipinski definition) is 3. The summed E-state index contributed by atoms with van der Waals surface area (Å²) in [6.45, 7) is 9.64. The van der Waals surface area contributed by atoms with Gasteiger partial charge in [-0.05, 0) is 39.5 Å². The molecule has 1 N–H and O–H groups in total. The fourth-order valence-corrected chi connectivity index (χ4v) is 3.34. The minimum absolute atomic E-state index is 0.0868. The van der Waals surface area contributed by atoms with Crippen molar-refractivity contribution in [2.75, 3.05) is 26.2 Å². The Balaban J connectivity index is 1.72. The third kappa shape index (κ3) is 4.43. The van der Waals surface area contributed by atoms with Crippen LogP contribution in [0.15, 0.2) is 0 Å². The highest BCUT2D eigenvalue weighted by atomic mass is 16.2. The third-order valence-electron chi connectivity index (χ3n) is 4.92. The Morgan fingerprint density at radius 1 is 1.00 bits per heavy atom. The summed E-state index contributed by atoms with van der Waals surface area (Å²) in [5, 5.41) is 3.22. The zero-order valence-corrected chi connectivity index (χ0v) is 13.6. The Hall–Kier alpha value is -1.10. The van der Waals surface area contributed by atoms with Crippen molar-refractivity contribution in [1.82, 2.24) is 15.1 Å². The second kappa shape index (κ2) is 7.25. The molecular weight excluding hydrogens is 266 g/mol. The van der Waals surface area contributed by atoms with Crippen molar-refractivity contribution in [3.05, 3.63) is 0 Å². The monoisotopic (exact) mass is 295 g/mol. The van der Waals surface area contributed by atoms with E-state index >= 15 is 0 Å². The van der Waals surface area contributed by atoms with Gasteiger partial charge in [0.15, 0.2) is 0 Å². The fourth-order valence-electron chi connectivity index (χ4n) is 3.34. The van der Waals surface area contributed by atoms with Gasteiger partial charge < -0.3 is 15.1 Å². The molecule has 0 aromatic carbocycles. The molecule has 0 spiro atoms. The van der Waals surface area contributed by atoms with Crippen molar-refractivity contribution < 1.29 is 9.59 Å². The average molecular weight is 295 g/mol. The van der Waals surface area contributed by atoms with Crippen LogP contribution in [0.5, 0.6) is 0 Å². The van der Waals surface area contributed by atoms with Crippen molar-refractivity contribution in [2.24, 2.45) is 5.92 Å². The molecule has 0 atom stereocenters. The zero-order chi connectivity index (χ0) is 15.4. The number of likely N-dealkylation sites (tertiary alicyclic amines) is 2. The Kier molecular flexibility index (Phi) is 5.62. The van der Waals surface area contributed by atoms with Gasteiger partial charge in [-0.25, -0.2) is 0 Å². The highest BCUT2D eigenvalue weighted by molar-refractivity contribution is 5.79. The van der Waals surface area contributed by atoms with Crippen LogP contribution in [0.1, 0.15) is 46.5 Å². The SMILES string of the molecule is CC(=O)N1CCC(C(=O)NC2CCN(C(C)C)CC2)CC1. The minimum Gasteiger partial charge on any atom is -0.353 e. The first-order chi connectivity index (χ1) is 9.97. The normalized spacial score (nSPS) is 22.6. The molecule has 0 aliphatic carbocycles. The van der Waals surface area contributed by atoms with E-state index < -0.39 is 0 Å². The smallest absolute Gasteiger partial charge is 0.223 e. The molecule has 2 aliphatic rings. The van der Waals surface area contributed by atoms with Crippen LogP contribution in [-0.4, -0.2) is 59.9 Å². The number of nitrogens with zero attached hydrogens (tertiary/aromatic N) is 2. The van der Waals surface area contributed by atoms with Crippen molar-refractivity contribution in [3.63, 3.8) is 0 Å². The molecule has 2 heterocycles. The topological polar surface area (TPSA) is 52.7 Å². The summed E-state index contributed by atoms with van der Waals surface area (Å²) < 4.78 is 0. The van der Waals surface area contributed by atoms with Crippen LogP contribution in [0, 0.1) is 5.92 Å². The number of carbonyl (C=O) groups excluding carboxylic acids is 2. The fraction of sp³-hybridized carbons (Fsp3) is 0.875. The second-order valence-corrected chi connectivity index (χ2v) is 6.69. The lowest BCUT2D eigenvalue weighted by Crippen LogP contribution is -2.49. The summed E-state index contributed by atoms with van der Waals surface area (Å²) in [5.74, 6) is 0.403. The lowest BCUT2D eigenvalue weighted by atomic mass is 9.94. The third-order valence-corrected chi connectivity index (χ3v) is 4.92. The van der Waals surface area contributed by atoms with Gasteiger partial charge in [0.1, 0.15) is 0 Å². The number of piperidine rings is 2. The van der Waals surface area contributed by atoms with Gasteiger partial charge >= 0.3 is 0 Å². The molecule has 0 unspecified atom stereocenters. The van der Waals surface area contributed by atoms with Gasteiger partial charge in [-0.3, -0.25) is 9.59 Å². The first-order valence-electron chi connectivity index (χ1n) is 8.27. The van der Waals surface area contributed by atoms with Gasteiger partial charge in [-0.2, -0.15) is 0 Å². The predicted molar refractivity (Wildman–Crippen MR) is 82.9 cm³/mol. The van der Waals surface area contributed by atoms with Crippen molar-refractivity contribution >= 4 is 11.8 Å². The molecule has 120 valence electrons. The van der Waals surface area contributed by atoms with Crippen LogP contribution >= 0.6 is 0 Å². The highest BCUT2D eigenvalue weighted by Crippen LogP contribution is 2.19. The van der Waals surface area contributed by atoms with Gasteiger partial charge in [-0.1, -0.05) is 0 Å². The van der Waals surface area contributed by atoms with Gasteiger partial charge in [0.25, 0.3) is 0 Å². The summed E-state index contributed by atoms with van der Waals surface area (Å²) in [5.41, 5.74) is 0. The van der Waals surface area contributed by atoms with E-state index in [9.17, 15) is 9.59 Å². The standard InChI is InChI=1S/C16H29N3O2/c1-12(2)18-10-6-15(7-11-18)17-16(21)14-4-8-19(9-5-14)13(3)20/h12,14-15H,4-11H2,1-3H3,(H,17,21). The molecule has 21 heavy (non-hydrogen) atoms. The van der Waals surface area contributed by atoms with E-state index in [4.69, 9.17) is 0 Å². The summed E-state index contributed by atoms with van der Waals surface area (Å²) in [4.78, 5) is 27.9. The molecule has 2 amide bonds. The summed E-state index contributed by atoms with van der Waals surface area (Å²) >= 11 is 0. The van der Waals surface area contributed by atoms with Crippen molar-refractivity contribution in [1.29, 1.82) is 0 Å². The van der Waals surface area contributed by atoms with E-state index in [-0.39, 0.29) is 17.7 Å². The number of rotatable bonds is 3. The Morgan fingerprint density at radius 3 is 2.05 bits per heavy atom. The van der Waals surface area contributed by atoms with Crippen LogP contribution < -0.4 is 5.32 Å². The van der Waals surface area contributed by atoms with Crippen LogP contribution in [0.4, 0.5) is 0 Å². The summed E-state index contributed by atoms with van der Waals surface area (Å²) in [6, 6.07) is 0.927. The second-order valence-electron chi connectivity index (χ2n) is 6.69. The highest BCUT2D eigenvalue weighted by Gasteiger charge is 2.28. The van der Waals surface area contributed by atoms with Crippen molar-refractivity contribution in [3.8, 4) is 0 Å². The number of nitrogens with one attached hydrogen (secondary N) is 1. The maximum atomic E-state index is 12.3. The van der Waals surface area contributed by atoms with Gasteiger partial charge in [0, 0.05) is 51.1 Å². The Bertz CT molecular complexity index is 368. The molecule has 0 radical (unpaired) electrons. The molecule has 0 bridgehead atoms. The van der Waals surface area contributed by atoms with E-state index in [1.54, 1.807) is 6.92 Å². The molecule has 2 saturated heterocycles. The van der Waals surface area contributed by atoms with Crippen LogP contribution in [0.2, 0.25) is 0 Å². The molecular formula is C16H29N3O2. The molecule has 0 aromatic heterocycles. The molecule has 2 fully saturated rings. The van der Waals surface area contributed by atoms with Gasteiger partial charge in [0.2, 0.25) is 11.8 Å². The molecule has 0 saturated carbocycles. The molecule has 5 heteroatoms. The minimum atomic E-state index is 0.0868. The quantitative estimate of drug-likeness (QED) is 0.852. The van der Waals surface area contributed by atoms with Crippen LogP contribution in [0.3, 0.4) is 0 Å². The number of carbonyl (C=O) groups is 2. The maximum Gasteiger partial charge on any atom is 0.223 e. The molecule has 2 aliphatic heterocycles. The Morgan fingerprint density at radius 2 is 1.57 bits per heavy atom. The summed E-state index contributed by atoms with van der Waals surface area (Å²) in [7, 11) is 0. The van der Waals surface area contributed by atoms with E-state index in [2.05, 4.69) is 24.1 Å². The largest absolute Gasteiger partial charge is 0.353 e. The van der Waals surface area contributed by atoms with E-state index in [1.807, 2.05) is 4.90 Å². The van der Waals surface area contributed by atoms with Crippen LogP contribution in [0.25, 0.3) is 0 Å².